The third kappa shape index (κ3) is 7.36. The molecule has 0 heterocycles. The van der Waals surface area contributed by atoms with Crippen LogP contribution in [0.4, 0.5) is 22.8 Å². The van der Waals surface area contributed by atoms with Gasteiger partial charge in [-0.25, -0.2) is 20.0 Å². The summed E-state index contributed by atoms with van der Waals surface area (Å²) in [5, 5.41) is 2.73. The topological polar surface area (TPSA) is 70.7 Å². The normalized spacial score (nSPS) is 10.7. The van der Waals surface area contributed by atoms with Crippen molar-refractivity contribution < 1.29 is 27.5 Å². The van der Waals surface area contributed by atoms with E-state index in [0.29, 0.717) is 5.01 Å². The summed E-state index contributed by atoms with van der Waals surface area (Å²) < 4.78 is 40.6. The molecule has 0 saturated carbocycles. The van der Waals surface area contributed by atoms with Crippen LogP contribution in [0.2, 0.25) is 0 Å². The predicted octanol–water partition coefficient (Wildman–Crippen LogP) is 2.42. The van der Waals surface area contributed by atoms with Gasteiger partial charge in [-0.15, -0.1) is 0 Å². The van der Waals surface area contributed by atoms with E-state index in [0.717, 1.165) is 5.56 Å². The van der Waals surface area contributed by atoms with Gasteiger partial charge < -0.3 is 10.1 Å². The van der Waals surface area contributed by atoms with Crippen molar-refractivity contribution in [3.05, 3.63) is 35.9 Å². The van der Waals surface area contributed by atoms with Gasteiger partial charge in [-0.1, -0.05) is 30.3 Å². The smallest absolute Gasteiger partial charge is 0.426 e. The Labute approximate surface area is 125 Å². The van der Waals surface area contributed by atoms with E-state index >= 15 is 0 Å². The van der Waals surface area contributed by atoms with E-state index in [4.69, 9.17) is 4.74 Å². The first kappa shape index (κ1) is 17.6. The molecule has 1 aromatic carbocycles. The third-order valence-corrected chi connectivity index (χ3v) is 2.46. The molecule has 0 aliphatic carbocycles. The molecule has 1 rings (SSSR count). The van der Waals surface area contributed by atoms with Gasteiger partial charge in [-0.3, -0.25) is 0 Å². The summed E-state index contributed by atoms with van der Waals surface area (Å²) >= 11 is 0. The van der Waals surface area contributed by atoms with Gasteiger partial charge in [0.1, 0.15) is 6.61 Å². The number of hydrogen-bond donors (Lipinski definition) is 2. The molecule has 0 aliphatic heterocycles. The van der Waals surface area contributed by atoms with Gasteiger partial charge in [0.05, 0.1) is 6.42 Å². The average molecular weight is 319 g/mol. The lowest BCUT2D eigenvalue weighted by atomic mass is 10.2. The molecule has 122 valence electrons. The first-order valence-corrected chi connectivity index (χ1v) is 6.33. The van der Waals surface area contributed by atoms with Crippen molar-refractivity contribution >= 4 is 12.1 Å². The minimum absolute atomic E-state index is 0.0101. The van der Waals surface area contributed by atoms with Crippen LogP contribution in [0.25, 0.3) is 0 Å². The van der Waals surface area contributed by atoms with Gasteiger partial charge >= 0.3 is 18.3 Å². The third-order valence-electron chi connectivity index (χ3n) is 2.46. The molecule has 0 radical (unpaired) electrons. The van der Waals surface area contributed by atoms with Crippen LogP contribution in [-0.4, -0.2) is 36.9 Å². The van der Waals surface area contributed by atoms with Crippen molar-refractivity contribution in [1.82, 2.24) is 15.8 Å². The number of hydrazine groups is 1. The van der Waals surface area contributed by atoms with E-state index in [1.165, 1.54) is 7.05 Å². The molecule has 22 heavy (non-hydrogen) atoms. The molecule has 3 amide bonds. The van der Waals surface area contributed by atoms with Crippen LogP contribution in [0.1, 0.15) is 12.0 Å². The maximum Gasteiger partial charge on any atom is 0.426 e. The molecule has 0 atom stereocenters. The number of ether oxygens (including phenoxy) is 1. The number of hydrogen-bond acceptors (Lipinski definition) is 3. The van der Waals surface area contributed by atoms with E-state index in [-0.39, 0.29) is 6.61 Å². The SMILES string of the molecule is CN(NC(=O)OCc1ccccc1)C(=O)NCCC(F)(F)F. The maximum absolute atomic E-state index is 11.9. The predicted molar refractivity (Wildman–Crippen MR) is 71.6 cm³/mol. The summed E-state index contributed by atoms with van der Waals surface area (Å²) in [5.74, 6) is 0. The number of nitrogens with zero attached hydrogens (tertiary/aromatic N) is 1. The minimum Gasteiger partial charge on any atom is -0.443 e. The van der Waals surface area contributed by atoms with Crippen LogP contribution in [0.3, 0.4) is 0 Å². The molecule has 2 N–H and O–H groups in total. The number of benzene rings is 1. The second-order valence-electron chi connectivity index (χ2n) is 4.33. The number of halogens is 3. The summed E-state index contributed by atoms with van der Waals surface area (Å²) in [6.45, 7) is -0.566. The molecular formula is C13H16F3N3O3. The monoisotopic (exact) mass is 319 g/mol. The lowest BCUT2D eigenvalue weighted by Crippen LogP contribution is -2.48. The first-order valence-electron chi connectivity index (χ1n) is 6.33. The summed E-state index contributed by atoms with van der Waals surface area (Å²) in [6, 6.07) is 7.98. The fourth-order valence-electron chi connectivity index (χ4n) is 1.37. The zero-order valence-corrected chi connectivity index (χ0v) is 11.8. The van der Waals surface area contributed by atoms with Crippen LogP contribution in [0.15, 0.2) is 30.3 Å². The van der Waals surface area contributed by atoms with Gasteiger partial charge in [0.2, 0.25) is 0 Å². The van der Waals surface area contributed by atoms with Crippen molar-refractivity contribution in [2.24, 2.45) is 0 Å². The quantitative estimate of drug-likeness (QED) is 0.837. The molecule has 0 saturated heterocycles. The lowest BCUT2D eigenvalue weighted by Gasteiger charge is -2.18. The highest BCUT2D eigenvalue weighted by Gasteiger charge is 2.26. The Balaban J connectivity index is 2.26. The van der Waals surface area contributed by atoms with E-state index in [1.54, 1.807) is 24.3 Å². The number of rotatable bonds is 4. The minimum atomic E-state index is -4.35. The maximum atomic E-state index is 11.9. The molecule has 0 spiro atoms. The van der Waals surface area contributed by atoms with Crippen molar-refractivity contribution in [3.8, 4) is 0 Å². The van der Waals surface area contributed by atoms with Gasteiger partial charge in [0.15, 0.2) is 0 Å². The first-order chi connectivity index (χ1) is 10.3. The fourth-order valence-corrected chi connectivity index (χ4v) is 1.37. The second-order valence-corrected chi connectivity index (χ2v) is 4.33. The molecule has 9 heteroatoms. The van der Waals surface area contributed by atoms with Gasteiger partial charge in [-0.05, 0) is 5.56 Å². The average Bonchev–Trinajstić information content (AvgIpc) is 2.44. The zero-order valence-electron chi connectivity index (χ0n) is 11.8. The highest BCUT2D eigenvalue weighted by atomic mass is 19.4. The van der Waals surface area contributed by atoms with Crippen molar-refractivity contribution in [2.75, 3.05) is 13.6 Å². The molecule has 1 aromatic rings. The fraction of sp³-hybridized carbons (Fsp3) is 0.385. The summed E-state index contributed by atoms with van der Waals surface area (Å²) in [6.07, 6.45) is -6.39. The molecule has 6 nitrogen and oxygen atoms in total. The number of carbonyl (C=O) groups is 2. The van der Waals surface area contributed by atoms with Gasteiger partial charge in [0.25, 0.3) is 0 Å². The molecule has 0 bridgehead atoms. The number of amides is 3. The number of carbonyl (C=O) groups excluding carboxylic acids is 2. The Morgan fingerprint density at radius 3 is 2.45 bits per heavy atom. The van der Waals surface area contributed by atoms with Crippen molar-refractivity contribution in [1.29, 1.82) is 0 Å². The Kier molecular flexibility index (Phi) is 6.48. The summed E-state index contributed by atoms with van der Waals surface area (Å²) in [4.78, 5) is 22.8. The zero-order chi connectivity index (χ0) is 16.6. The number of nitrogens with one attached hydrogen (secondary N) is 2. The highest BCUT2D eigenvalue weighted by molar-refractivity contribution is 5.77. The summed E-state index contributed by atoms with van der Waals surface area (Å²) in [5.41, 5.74) is 2.84. The van der Waals surface area contributed by atoms with Crippen LogP contribution in [0, 0.1) is 0 Å². The number of alkyl halides is 3. The van der Waals surface area contributed by atoms with Crippen LogP contribution >= 0.6 is 0 Å². The Morgan fingerprint density at radius 1 is 1.23 bits per heavy atom. The van der Waals surface area contributed by atoms with Crippen LogP contribution < -0.4 is 10.7 Å². The largest absolute Gasteiger partial charge is 0.443 e. The second kappa shape index (κ2) is 8.11. The molecular weight excluding hydrogens is 303 g/mol. The molecule has 0 fully saturated rings. The van der Waals surface area contributed by atoms with Gasteiger partial charge in [0, 0.05) is 13.6 Å². The Bertz CT molecular complexity index is 494. The molecule has 0 unspecified atom stereocenters. The van der Waals surface area contributed by atoms with E-state index in [9.17, 15) is 22.8 Å². The van der Waals surface area contributed by atoms with E-state index in [2.05, 4.69) is 5.43 Å². The van der Waals surface area contributed by atoms with Crippen LogP contribution in [0.5, 0.6) is 0 Å². The van der Waals surface area contributed by atoms with Gasteiger partial charge in [-0.2, -0.15) is 13.2 Å². The molecule has 0 aromatic heterocycles. The van der Waals surface area contributed by atoms with E-state index < -0.39 is 31.3 Å². The standard InChI is InChI=1S/C13H16F3N3O3/c1-19(11(20)17-8-7-13(14,15)16)18-12(21)22-9-10-5-3-2-4-6-10/h2-6H,7-9H2,1H3,(H,17,20)(H,18,21). The Morgan fingerprint density at radius 2 is 1.86 bits per heavy atom. The van der Waals surface area contributed by atoms with Crippen molar-refractivity contribution in [3.63, 3.8) is 0 Å². The number of urea groups is 1. The molecule has 0 aliphatic rings. The van der Waals surface area contributed by atoms with Crippen molar-refractivity contribution in [2.45, 2.75) is 19.2 Å². The summed E-state index contributed by atoms with van der Waals surface area (Å²) in [7, 11) is 1.19. The Hall–Kier alpha value is -2.45. The van der Waals surface area contributed by atoms with E-state index in [1.807, 2.05) is 11.4 Å². The highest BCUT2D eigenvalue weighted by Crippen LogP contribution is 2.18. The van der Waals surface area contributed by atoms with Crippen LogP contribution in [-0.2, 0) is 11.3 Å². The lowest BCUT2D eigenvalue weighted by molar-refractivity contribution is -0.133.